The van der Waals surface area contributed by atoms with Crippen LogP contribution in [0.4, 0.5) is 18.0 Å². The number of nitrogens with zero attached hydrogens (tertiary/aromatic N) is 3. The largest absolute Gasteiger partial charge is 0.416 e. The van der Waals surface area contributed by atoms with Gasteiger partial charge in [-0.1, -0.05) is 30.3 Å². The number of nitrogens with one attached hydrogen (secondary N) is 1. The number of hydrogen-bond acceptors (Lipinski definition) is 4. The minimum absolute atomic E-state index is 0.0282. The lowest BCUT2D eigenvalue weighted by Gasteiger charge is -2.35. The lowest BCUT2D eigenvalue weighted by Crippen LogP contribution is -2.48. The van der Waals surface area contributed by atoms with Gasteiger partial charge in [-0.05, 0) is 29.3 Å². The van der Waals surface area contributed by atoms with Crippen LogP contribution in [0.2, 0.25) is 0 Å². The van der Waals surface area contributed by atoms with E-state index in [0.29, 0.717) is 43.9 Å². The normalized spacial score (nSPS) is 17.4. The molecule has 174 valence electrons. The number of hydrogen-bond donors (Lipinski definition) is 1. The lowest BCUT2D eigenvalue weighted by molar-refractivity contribution is -0.137. The van der Waals surface area contributed by atoms with Crippen LogP contribution in [0.25, 0.3) is 0 Å². The summed E-state index contributed by atoms with van der Waals surface area (Å²) in [6, 6.07) is 11.6. The molecule has 4 amide bonds. The predicted octanol–water partition coefficient (Wildman–Crippen LogP) is 2.72. The van der Waals surface area contributed by atoms with Gasteiger partial charge in [-0.3, -0.25) is 19.4 Å². The summed E-state index contributed by atoms with van der Waals surface area (Å²) in [7, 11) is 0. The first kappa shape index (κ1) is 22.8. The molecule has 0 saturated carbocycles. The predicted molar refractivity (Wildman–Crippen MR) is 113 cm³/mol. The van der Waals surface area contributed by atoms with Gasteiger partial charge in [0.25, 0.3) is 5.91 Å². The summed E-state index contributed by atoms with van der Waals surface area (Å²) in [6.07, 6.45) is -4.35. The molecule has 0 atom stereocenters. The summed E-state index contributed by atoms with van der Waals surface area (Å²) in [5.41, 5.74) is 1.15. The molecule has 0 aliphatic carbocycles. The van der Waals surface area contributed by atoms with E-state index in [2.05, 4.69) is 10.2 Å². The summed E-state index contributed by atoms with van der Waals surface area (Å²) < 4.78 is 38.2. The van der Waals surface area contributed by atoms with Gasteiger partial charge in [0.15, 0.2) is 0 Å². The molecule has 2 aromatic rings. The number of imide groups is 1. The molecule has 0 aromatic heterocycles. The number of amides is 4. The van der Waals surface area contributed by atoms with Crippen molar-refractivity contribution in [1.29, 1.82) is 0 Å². The minimum atomic E-state index is -4.35. The first-order valence-electron chi connectivity index (χ1n) is 10.6. The first-order chi connectivity index (χ1) is 15.7. The van der Waals surface area contributed by atoms with E-state index in [1.54, 1.807) is 29.2 Å². The number of carbonyl (C=O) groups is 3. The summed E-state index contributed by atoms with van der Waals surface area (Å²) in [6.45, 7) is 2.59. The van der Waals surface area contributed by atoms with Gasteiger partial charge in [0.05, 0.1) is 18.7 Å². The van der Waals surface area contributed by atoms with Crippen LogP contribution in [0.15, 0.2) is 48.5 Å². The second kappa shape index (κ2) is 9.22. The first-order valence-corrected chi connectivity index (χ1v) is 10.6. The van der Waals surface area contributed by atoms with Crippen molar-refractivity contribution < 1.29 is 27.6 Å². The van der Waals surface area contributed by atoms with Gasteiger partial charge >= 0.3 is 12.2 Å². The van der Waals surface area contributed by atoms with Gasteiger partial charge in [0, 0.05) is 38.3 Å². The Bertz CT molecular complexity index is 1030. The number of carbonyl (C=O) groups excluding carboxylic acids is 3. The van der Waals surface area contributed by atoms with Crippen LogP contribution in [-0.4, -0.2) is 65.3 Å². The highest BCUT2D eigenvalue weighted by molar-refractivity contribution is 6.02. The standard InChI is InChI=1S/C23H23F3N4O3/c24-23(25,26)18-7-5-16(6-8-18)14-28-9-11-29(12-10-28)21(32)19-4-2-1-3-17(19)15-30-20(31)13-27-22(30)33/h1-8H,9-15H2,(H,27,33). The molecular weight excluding hydrogens is 437 g/mol. The highest BCUT2D eigenvalue weighted by atomic mass is 19.4. The summed E-state index contributed by atoms with van der Waals surface area (Å²) in [4.78, 5) is 41.8. The number of urea groups is 1. The van der Waals surface area contributed by atoms with E-state index in [-0.39, 0.29) is 24.9 Å². The van der Waals surface area contributed by atoms with Gasteiger partial charge < -0.3 is 10.2 Å². The molecule has 2 aromatic carbocycles. The highest BCUT2D eigenvalue weighted by Gasteiger charge is 2.31. The molecule has 0 spiro atoms. The maximum absolute atomic E-state index is 13.2. The Morgan fingerprint density at radius 3 is 2.18 bits per heavy atom. The topological polar surface area (TPSA) is 73.0 Å². The molecule has 2 saturated heterocycles. The molecule has 10 heteroatoms. The average Bonchev–Trinajstić information content (AvgIpc) is 3.11. The van der Waals surface area contributed by atoms with E-state index in [1.165, 1.54) is 12.1 Å². The van der Waals surface area contributed by atoms with Crippen molar-refractivity contribution in [3.8, 4) is 0 Å². The molecule has 2 aliphatic heterocycles. The molecule has 0 radical (unpaired) electrons. The van der Waals surface area contributed by atoms with Crippen LogP contribution in [0.3, 0.4) is 0 Å². The number of benzene rings is 2. The zero-order valence-electron chi connectivity index (χ0n) is 17.8. The molecule has 0 bridgehead atoms. The Hall–Kier alpha value is -3.40. The summed E-state index contributed by atoms with van der Waals surface area (Å²) in [5.74, 6) is -0.508. The quantitative estimate of drug-likeness (QED) is 0.697. The maximum Gasteiger partial charge on any atom is 0.416 e. The van der Waals surface area contributed by atoms with Crippen LogP contribution in [0.1, 0.15) is 27.0 Å². The highest BCUT2D eigenvalue weighted by Crippen LogP contribution is 2.29. The van der Waals surface area contributed by atoms with E-state index in [1.807, 2.05) is 0 Å². The van der Waals surface area contributed by atoms with Crippen molar-refractivity contribution in [1.82, 2.24) is 20.0 Å². The van der Waals surface area contributed by atoms with Crippen molar-refractivity contribution in [3.05, 3.63) is 70.8 Å². The van der Waals surface area contributed by atoms with Crippen molar-refractivity contribution in [2.75, 3.05) is 32.7 Å². The number of piperazine rings is 1. The number of halogens is 3. The van der Waals surface area contributed by atoms with E-state index >= 15 is 0 Å². The second-order valence-corrected chi connectivity index (χ2v) is 8.06. The van der Waals surface area contributed by atoms with Gasteiger partial charge in [0.1, 0.15) is 0 Å². The summed E-state index contributed by atoms with van der Waals surface area (Å²) in [5, 5.41) is 2.47. The fourth-order valence-corrected chi connectivity index (χ4v) is 3.99. The lowest BCUT2D eigenvalue weighted by atomic mass is 10.0. The third-order valence-corrected chi connectivity index (χ3v) is 5.86. The molecule has 0 unspecified atom stereocenters. The van der Waals surface area contributed by atoms with Gasteiger partial charge in [-0.15, -0.1) is 0 Å². The number of rotatable bonds is 5. The molecule has 4 rings (SSSR count). The number of alkyl halides is 3. The SMILES string of the molecule is O=C(c1ccccc1CN1C(=O)CNC1=O)N1CCN(Cc2ccc(C(F)(F)F)cc2)CC1. The van der Waals surface area contributed by atoms with E-state index in [9.17, 15) is 27.6 Å². The second-order valence-electron chi connectivity index (χ2n) is 8.06. The fraction of sp³-hybridized carbons (Fsp3) is 0.348. The van der Waals surface area contributed by atoms with Gasteiger partial charge in [-0.25, -0.2) is 4.79 Å². The van der Waals surface area contributed by atoms with E-state index in [0.717, 1.165) is 22.6 Å². The Morgan fingerprint density at radius 1 is 0.909 bits per heavy atom. The smallest absolute Gasteiger partial charge is 0.336 e. The van der Waals surface area contributed by atoms with E-state index in [4.69, 9.17) is 0 Å². The minimum Gasteiger partial charge on any atom is -0.336 e. The fourth-order valence-electron chi connectivity index (χ4n) is 3.99. The van der Waals surface area contributed by atoms with Crippen LogP contribution >= 0.6 is 0 Å². The van der Waals surface area contributed by atoms with Crippen molar-refractivity contribution >= 4 is 17.8 Å². The molecule has 2 heterocycles. The molecular formula is C23H23F3N4O3. The van der Waals surface area contributed by atoms with Gasteiger partial charge in [0.2, 0.25) is 5.91 Å². The Balaban J connectivity index is 1.36. The van der Waals surface area contributed by atoms with E-state index < -0.39 is 17.8 Å². The van der Waals surface area contributed by atoms with Crippen molar-refractivity contribution in [2.45, 2.75) is 19.3 Å². The third kappa shape index (κ3) is 5.16. The molecule has 33 heavy (non-hydrogen) atoms. The zero-order chi connectivity index (χ0) is 23.6. The van der Waals surface area contributed by atoms with Crippen LogP contribution in [0.5, 0.6) is 0 Å². The Morgan fingerprint density at radius 2 is 1.58 bits per heavy atom. The van der Waals surface area contributed by atoms with Gasteiger partial charge in [-0.2, -0.15) is 13.2 Å². The monoisotopic (exact) mass is 460 g/mol. The van der Waals surface area contributed by atoms with Crippen molar-refractivity contribution in [2.24, 2.45) is 0 Å². The zero-order valence-corrected chi connectivity index (χ0v) is 17.8. The van der Waals surface area contributed by atoms with Crippen LogP contribution in [-0.2, 0) is 24.1 Å². The third-order valence-electron chi connectivity index (χ3n) is 5.86. The van der Waals surface area contributed by atoms with Crippen LogP contribution < -0.4 is 5.32 Å². The maximum atomic E-state index is 13.2. The summed E-state index contributed by atoms with van der Waals surface area (Å²) >= 11 is 0. The van der Waals surface area contributed by atoms with Crippen molar-refractivity contribution in [3.63, 3.8) is 0 Å². The molecule has 2 fully saturated rings. The molecule has 7 nitrogen and oxygen atoms in total. The molecule has 1 N–H and O–H groups in total. The van der Waals surface area contributed by atoms with Crippen LogP contribution in [0, 0.1) is 0 Å². The Labute approximate surface area is 188 Å². The Kier molecular flexibility index (Phi) is 6.37. The molecule has 2 aliphatic rings. The average molecular weight is 460 g/mol.